The molecule has 0 saturated heterocycles. The van der Waals surface area contributed by atoms with E-state index < -0.39 is 246 Å². The highest BCUT2D eigenvalue weighted by molar-refractivity contribution is 6.84. The molecule has 11 rings (SSSR count). The van der Waals surface area contributed by atoms with Crippen molar-refractivity contribution in [3.05, 3.63) is 145 Å². The summed E-state index contributed by atoms with van der Waals surface area (Å²) in [7, 11) is 0. The second-order valence-electron chi connectivity index (χ2n) is 10.6. The van der Waals surface area contributed by atoms with Crippen molar-refractivity contribution < 1.29 is 46.7 Å². The zero-order valence-electron chi connectivity index (χ0n) is 47.2. The second kappa shape index (κ2) is 9.18. The Balaban J connectivity index is 1.32. The van der Waals surface area contributed by atoms with E-state index in [1.807, 2.05) is 0 Å². The first kappa shape index (κ1) is 11.6. The molecular weight excluding hydrogens is 577 g/mol. The summed E-state index contributed by atoms with van der Waals surface area (Å²) >= 11 is 0. The van der Waals surface area contributed by atoms with Crippen LogP contribution in [-0.4, -0.2) is 11.5 Å². The Labute approximate surface area is 303 Å². The van der Waals surface area contributed by atoms with Gasteiger partial charge in [-0.25, -0.2) is 0 Å². The predicted octanol–water partition coefficient (Wildman–Crippen LogP) is 9.62. The predicted molar refractivity (Wildman–Crippen MR) is 191 cm³/mol. The second-order valence-corrected chi connectivity index (χ2v) is 10.6. The fourth-order valence-electron chi connectivity index (χ4n) is 6.18. The van der Waals surface area contributed by atoms with Crippen LogP contribution in [0.3, 0.4) is 0 Å². The molecule has 4 nitrogen and oxygen atoms in total. The van der Waals surface area contributed by atoms with Gasteiger partial charge in [-0.1, -0.05) is 90.6 Å². The number of aromatic nitrogens is 1. The number of hydrogen-bond donors (Lipinski definition) is 0. The summed E-state index contributed by atoms with van der Waals surface area (Å²) < 4.78 is 234. The Morgan fingerprint density at radius 2 is 1.23 bits per heavy atom. The van der Waals surface area contributed by atoms with Gasteiger partial charge in [0.2, 0.25) is 0 Å². The first-order valence-electron chi connectivity index (χ1n) is 26.0. The summed E-state index contributed by atoms with van der Waals surface area (Å²) in [4.78, 5) is 0. The molecule has 0 bridgehead atoms. The summed E-state index contributed by atoms with van der Waals surface area (Å²) in [5.41, 5.74) is -5.71. The first-order valence-corrected chi connectivity index (χ1v) is 14.0. The largest absolute Gasteiger partial charge is 0.551 e. The quantitative estimate of drug-likeness (QED) is 0.180. The molecule has 0 amide bonds. The van der Waals surface area contributed by atoms with Crippen molar-refractivity contribution >= 4 is 61.6 Å². The summed E-state index contributed by atoms with van der Waals surface area (Å²) in [6, 6.07) is -19.0. The smallest absolute Gasteiger partial charge is 0.434 e. The van der Waals surface area contributed by atoms with Crippen LogP contribution < -0.4 is 20.3 Å². The Morgan fingerprint density at radius 1 is 0.532 bits per heavy atom. The van der Waals surface area contributed by atoms with Crippen molar-refractivity contribution in [2.45, 2.75) is 0 Å². The van der Waals surface area contributed by atoms with Crippen LogP contribution in [0.1, 0.15) is 32.9 Å². The monoisotopic (exact) mass is 625 g/mol. The number of hydrogen-bond acceptors (Lipinski definition) is 3. The van der Waals surface area contributed by atoms with Crippen LogP contribution in [-0.2, 0) is 0 Å². The SMILES string of the molecule is [2H]c1c([2H])c([2H])c2c(c1[2H])OB1c3c([2H])c([2H])c(-n4c5c([2H])c([2H])c([2H])c([2H])c5c5c([2H])c([2H])c([2H])c([2H])c54)c([2H])c3Oc3c([2H])c(-c4c([2H])c([2H])c([2H])c5oc6c([2H])c([2H])c([2H])c([2H])c6c45)c([2H])c-2c31. The van der Waals surface area contributed by atoms with Gasteiger partial charge in [0.25, 0.3) is 0 Å². The van der Waals surface area contributed by atoms with Gasteiger partial charge in [-0.2, -0.15) is 0 Å². The van der Waals surface area contributed by atoms with Gasteiger partial charge in [0.1, 0.15) is 28.4 Å². The van der Waals surface area contributed by atoms with Crippen LogP contribution in [0.4, 0.5) is 0 Å². The van der Waals surface area contributed by atoms with Crippen molar-refractivity contribution in [2.75, 3.05) is 0 Å². The summed E-state index contributed by atoms with van der Waals surface area (Å²) in [5, 5.41) is -1.63. The van der Waals surface area contributed by atoms with Crippen LogP contribution in [0, 0.1) is 0 Å². The van der Waals surface area contributed by atoms with Crippen LogP contribution in [0.5, 0.6) is 17.2 Å². The molecule has 218 valence electrons. The van der Waals surface area contributed by atoms with E-state index in [0.29, 0.717) is 0 Å². The van der Waals surface area contributed by atoms with Crippen LogP contribution in [0.2, 0.25) is 0 Å². The van der Waals surface area contributed by atoms with Gasteiger partial charge in [0.15, 0.2) is 0 Å². The number of para-hydroxylation sites is 4. The average molecular weight is 626 g/mol. The molecule has 0 fully saturated rings. The maximum absolute atomic E-state index is 9.88. The molecule has 7 aromatic carbocycles. The van der Waals surface area contributed by atoms with Crippen LogP contribution in [0.25, 0.3) is 71.7 Å². The van der Waals surface area contributed by atoms with E-state index >= 15 is 0 Å². The molecule has 2 aromatic heterocycles. The lowest BCUT2D eigenvalue weighted by Crippen LogP contribution is -2.53. The van der Waals surface area contributed by atoms with Gasteiger partial charge in [-0.15, -0.1) is 0 Å². The fourth-order valence-corrected chi connectivity index (χ4v) is 6.18. The lowest BCUT2D eigenvalue weighted by atomic mass is 9.50. The van der Waals surface area contributed by atoms with Crippen LogP contribution in [0.15, 0.2) is 149 Å². The molecule has 2 aliphatic rings. The third-order valence-electron chi connectivity index (χ3n) is 8.12. The van der Waals surface area contributed by atoms with E-state index in [4.69, 9.17) is 38.5 Å². The van der Waals surface area contributed by atoms with Gasteiger partial charge < -0.3 is 18.4 Å². The standard InChI is InChI=1S/C42H24BNO3/c1-5-15-34-28(10-1)29-11-2-6-16-35(29)44(34)26-20-21-33-39(24-26)46-40-23-25(22-32-30-12-3-8-18-37(30)47-43(33)42(32)40)27-14-9-19-38-41(27)31-13-4-7-17-36(31)45-38/h1-24H/i1D,2D,3D,4D,5D,6D,7D,8D,9D,10D,11D,12D,13D,14D,15D,16D,17D,18D,19D,20D,21D,22D,23D,24D. The Bertz CT molecular complexity index is 4050. The number of rotatable bonds is 2. The molecule has 0 atom stereocenters. The Hall–Kier alpha value is -6.20. The highest BCUT2D eigenvalue weighted by Gasteiger charge is 2.41. The highest BCUT2D eigenvalue weighted by atomic mass is 16.5. The number of furan rings is 1. The molecule has 0 aliphatic carbocycles. The van der Waals surface area contributed by atoms with Crippen molar-refractivity contribution in [1.82, 2.24) is 4.57 Å². The molecule has 9 aromatic rings. The Morgan fingerprint density at radius 3 is 2.09 bits per heavy atom. The lowest BCUT2D eigenvalue weighted by Gasteiger charge is -2.33. The maximum Gasteiger partial charge on any atom is 0.434 e. The minimum atomic E-state index is -1.85. The van der Waals surface area contributed by atoms with Gasteiger partial charge in [0.05, 0.1) is 43.9 Å². The van der Waals surface area contributed by atoms with E-state index in [0.717, 1.165) is 4.57 Å². The zero-order valence-corrected chi connectivity index (χ0v) is 23.2. The minimum Gasteiger partial charge on any atom is -0.551 e. The van der Waals surface area contributed by atoms with Gasteiger partial charge in [-0.3, -0.25) is 0 Å². The molecule has 0 N–H and O–H groups in total. The van der Waals surface area contributed by atoms with E-state index in [9.17, 15) is 8.22 Å². The normalized spacial score (nSPS) is 20.1. The number of fused-ring (bicyclic) bond motifs is 10. The molecule has 0 spiro atoms. The third kappa shape index (κ3) is 3.43. The molecular formula is C42H24BNO3. The summed E-state index contributed by atoms with van der Waals surface area (Å²) in [5.74, 6) is -1.96. The Kier molecular flexibility index (Phi) is 2.26. The molecule has 2 aliphatic heterocycles. The van der Waals surface area contributed by atoms with Crippen molar-refractivity contribution in [3.8, 4) is 45.2 Å². The lowest BCUT2D eigenvalue weighted by molar-refractivity contribution is 0.479. The molecule has 0 unspecified atom stereocenters. The molecule has 4 heterocycles. The summed E-state index contributed by atoms with van der Waals surface area (Å²) in [6.07, 6.45) is 0. The van der Waals surface area contributed by atoms with E-state index in [2.05, 4.69) is 0 Å². The van der Waals surface area contributed by atoms with Crippen molar-refractivity contribution in [1.29, 1.82) is 0 Å². The van der Waals surface area contributed by atoms with E-state index in [1.54, 1.807) is 0 Å². The van der Waals surface area contributed by atoms with Crippen LogP contribution >= 0.6 is 0 Å². The van der Waals surface area contributed by atoms with E-state index in [1.165, 1.54) is 0 Å². The fraction of sp³-hybridized carbons (Fsp3) is 0. The molecule has 0 saturated carbocycles. The molecule has 5 heteroatoms. The van der Waals surface area contributed by atoms with Crippen molar-refractivity contribution in [2.24, 2.45) is 0 Å². The number of nitrogens with zero attached hydrogens (tertiary/aromatic N) is 1. The average Bonchev–Trinajstić information content (AvgIpc) is 3.92. The first-order chi connectivity index (χ1) is 33.3. The minimum absolute atomic E-state index is 0.334. The highest BCUT2D eigenvalue weighted by Crippen LogP contribution is 2.44. The van der Waals surface area contributed by atoms with Crippen molar-refractivity contribution in [3.63, 3.8) is 0 Å². The molecule has 47 heavy (non-hydrogen) atoms. The van der Waals surface area contributed by atoms with E-state index in [-0.39, 0.29) is 5.46 Å². The van der Waals surface area contributed by atoms with Gasteiger partial charge in [-0.05, 0) is 65.0 Å². The summed E-state index contributed by atoms with van der Waals surface area (Å²) in [6.45, 7) is -1.85. The molecule has 0 radical (unpaired) electrons. The van der Waals surface area contributed by atoms with Gasteiger partial charge in [0, 0.05) is 49.8 Å². The number of benzene rings is 7. The third-order valence-corrected chi connectivity index (χ3v) is 8.12. The topological polar surface area (TPSA) is 36.5 Å². The maximum atomic E-state index is 9.88. The van der Waals surface area contributed by atoms with Gasteiger partial charge >= 0.3 is 6.92 Å². The zero-order chi connectivity index (χ0) is 51.5. The number of ether oxygens (including phenoxy) is 1.